The monoisotopic (exact) mass is 365 g/mol. The SMILES string of the molecule is NCCc1c(Oc2ccc(Cl)cc2Br)nc2ccccn12. The molecule has 3 aromatic rings. The summed E-state index contributed by atoms with van der Waals surface area (Å²) in [5.41, 5.74) is 7.49. The van der Waals surface area contributed by atoms with E-state index in [0.717, 1.165) is 15.8 Å². The van der Waals surface area contributed by atoms with Crippen LogP contribution in [0.15, 0.2) is 47.1 Å². The van der Waals surface area contributed by atoms with E-state index in [0.29, 0.717) is 29.6 Å². The standard InChI is InChI=1S/C15H13BrClN3O/c16-11-9-10(17)4-5-13(11)21-15-12(6-7-18)20-8-2-1-3-14(20)19-15/h1-5,8-9H,6-7,18H2. The van der Waals surface area contributed by atoms with E-state index in [2.05, 4.69) is 20.9 Å². The summed E-state index contributed by atoms with van der Waals surface area (Å²) in [6.07, 6.45) is 2.64. The average Bonchev–Trinajstić information content (AvgIpc) is 2.81. The van der Waals surface area contributed by atoms with Gasteiger partial charge in [-0.25, -0.2) is 0 Å². The minimum atomic E-state index is 0.529. The van der Waals surface area contributed by atoms with Crippen LogP contribution in [0.2, 0.25) is 5.02 Å². The molecule has 0 aliphatic heterocycles. The Kier molecular flexibility index (Phi) is 4.14. The number of halogens is 2. The van der Waals surface area contributed by atoms with Gasteiger partial charge in [-0.05, 0) is 52.8 Å². The zero-order chi connectivity index (χ0) is 14.8. The fourth-order valence-corrected chi connectivity index (χ4v) is 2.90. The molecule has 108 valence electrons. The zero-order valence-electron chi connectivity index (χ0n) is 11.1. The van der Waals surface area contributed by atoms with Crippen LogP contribution in [0.3, 0.4) is 0 Å². The van der Waals surface area contributed by atoms with Crippen molar-refractivity contribution < 1.29 is 4.74 Å². The molecule has 6 heteroatoms. The third kappa shape index (κ3) is 2.90. The van der Waals surface area contributed by atoms with Crippen molar-refractivity contribution in [2.75, 3.05) is 6.54 Å². The number of pyridine rings is 1. The van der Waals surface area contributed by atoms with Gasteiger partial charge in [0.1, 0.15) is 11.4 Å². The van der Waals surface area contributed by atoms with Gasteiger partial charge in [-0.3, -0.25) is 0 Å². The molecular formula is C15H13BrClN3O. The van der Waals surface area contributed by atoms with Crippen molar-refractivity contribution in [1.29, 1.82) is 0 Å². The Morgan fingerprint density at radius 2 is 2.14 bits per heavy atom. The maximum atomic E-state index is 5.94. The second kappa shape index (κ2) is 6.05. The predicted molar refractivity (Wildman–Crippen MR) is 87.2 cm³/mol. The molecule has 0 spiro atoms. The largest absolute Gasteiger partial charge is 0.436 e. The Morgan fingerprint density at radius 3 is 2.90 bits per heavy atom. The molecule has 0 saturated carbocycles. The summed E-state index contributed by atoms with van der Waals surface area (Å²) in [4.78, 5) is 4.52. The van der Waals surface area contributed by atoms with Gasteiger partial charge in [0.05, 0.1) is 10.2 Å². The highest BCUT2D eigenvalue weighted by atomic mass is 79.9. The van der Waals surface area contributed by atoms with E-state index in [-0.39, 0.29) is 0 Å². The van der Waals surface area contributed by atoms with Gasteiger partial charge in [0.15, 0.2) is 0 Å². The molecule has 3 rings (SSSR count). The van der Waals surface area contributed by atoms with Crippen molar-refractivity contribution in [2.45, 2.75) is 6.42 Å². The second-order valence-electron chi connectivity index (χ2n) is 4.51. The molecule has 0 aliphatic carbocycles. The molecule has 0 bridgehead atoms. The Bertz CT molecular complexity index is 788. The first-order valence-electron chi connectivity index (χ1n) is 6.48. The highest BCUT2D eigenvalue weighted by Gasteiger charge is 2.14. The van der Waals surface area contributed by atoms with Crippen LogP contribution in [0.4, 0.5) is 0 Å². The molecule has 0 atom stereocenters. The van der Waals surface area contributed by atoms with E-state index in [9.17, 15) is 0 Å². The Balaban J connectivity index is 2.05. The van der Waals surface area contributed by atoms with E-state index >= 15 is 0 Å². The van der Waals surface area contributed by atoms with Gasteiger partial charge >= 0.3 is 0 Å². The Morgan fingerprint density at radius 1 is 1.29 bits per heavy atom. The number of aromatic nitrogens is 2. The van der Waals surface area contributed by atoms with Crippen LogP contribution >= 0.6 is 27.5 Å². The number of hydrogen-bond acceptors (Lipinski definition) is 3. The zero-order valence-corrected chi connectivity index (χ0v) is 13.4. The van der Waals surface area contributed by atoms with Crippen molar-refractivity contribution in [3.05, 3.63) is 57.8 Å². The first-order valence-corrected chi connectivity index (χ1v) is 7.65. The summed E-state index contributed by atoms with van der Waals surface area (Å²) < 4.78 is 8.71. The topological polar surface area (TPSA) is 52.5 Å². The van der Waals surface area contributed by atoms with Crippen LogP contribution in [0.1, 0.15) is 5.69 Å². The molecule has 0 unspecified atom stereocenters. The molecule has 21 heavy (non-hydrogen) atoms. The fraction of sp³-hybridized carbons (Fsp3) is 0.133. The minimum Gasteiger partial charge on any atom is -0.436 e. The molecule has 2 heterocycles. The van der Waals surface area contributed by atoms with Crippen LogP contribution in [-0.4, -0.2) is 15.9 Å². The molecule has 4 nitrogen and oxygen atoms in total. The third-order valence-corrected chi connectivity index (χ3v) is 3.93. The van der Waals surface area contributed by atoms with E-state index in [1.165, 1.54) is 0 Å². The van der Waals surface area contributed by atoms with Crippen LogP contribution in [0.25, 0.3) is 5.65 Å². The molecule has 0 saturated heterocycles. The lowest BCUT2D eigenvalue weighted by atomic mass is 10.3. The van der Waals surface area contributed by atoms with E-state index in [4.69, 9.17) is 22.1 Å². The lowest BCUT2D eigenvalue weighted by Gasteiger charge is -2.07. The summed E-state index contributed by atoms with van der Waals surface area (Å²) in [7, 11) is 0. The maximum Gasteiger partial charge on any atom is 0.241 e. The summed E-state index contributed by atoms with van der Waals surface area (Å²) in [5.74, 6) is 1.23. The summed E-state index contributed by atoms with van der Waals surface area (Å²) in [6.45, 7) is 0.529. The number of ether oxygens (including phenoxy) is 1. The van der Waals surface area contributed by atoms with Crippen molar-refractivity contribution in [3.63, 3.8) is 0 Å². The lowest BCUT2D eigenvalue weighted by molar-refractivity contribution is 0.456. The number of fused-ring (bicyclic) bond motifs is 1. The number of benzene rings is 1. The van der Waals surface area contributed by atoms with Crippen LogP contribution in [-0.2, 0) is 6.42 Å². The smallest absolute Gasteiger partial charge is 0.241 e. The molecule has 0 radical (unpaired) electrons. The Hall–Kier alpha value is -1.56. The first-order chi connectivity index (χ1) is 10.2. The highest BCUT2D eigenvalue weighted by Crippen LogP contribution is 2.33. The third-order valence-electron chi connectivity index (χ3n) is 3.07. The van der Waals surface area contributed by atoms with E-state index in [1.807, 2.05) is 34.9 Å². The van der Waals surface area contributed by atoms with Crippen molar-refractivity contribution in [2.24, 2.45) is 5.73 Å². The normalized spacial score (nSPS) is 11.0. The highest BCUT2D eigenvalue weighted by molar-refractivity contribution is 9.10. The van der Waals surface area contributed by atoms with E-state index in [1.54, 1.807) is 12.1 Å². The summed E-state index contributed by atoms with van der Waals surface area (Å²) >= 11 is 9.39. The molecule has 2 aromatic heterocycles. The van der Waals surface area contributed by atoms with Gasteiger partial charge in [0, 0.05) is 17.6 Å². The first kappa shape index (κ1) is 14.4. The number of nitrogens with zero attached hydrogens (tertiary/aromatic N) is 2. The minimum absolute atomic E-state index is 0.529. The maximum absolute atomic E-state index is 5.94. The molecule has 2 N–H and O–H groups in total. The van der Waals surface area contributed by atoms with Crippen molar-refractivity contribution in [1.82, 2.24) is 9.38 Å². The van der Waals surface area contributed by atoms with Gasteiger partial charge in [-0.1, -0.05) is 17.7 Å². The lowest BCUT2D eigenvalue weighted by Crippen LogP contribution is -2.06. The van der Waals surface area contributed by atoms with Crippen LogP contribution < -0.4 is 10.5 Å². The molecule has 1 aromatic carbocycles. The van der Waals surface area contributed by atoms with Crippen molar-refractivity contribution in [3.8, 4) is 11.6 Å². The summed E-state index contributed by atoms with van der Waals surface area (Å²) in [6, 6.07) is 11.2. The predicted octanol–water partition coefficient (Wildman–Crippen LogP) is 4.04. The number of nitrogens with two attached hydrogens (primary N) is 1. The van der Waals surface area contributed by atoms with Gasteiger partial charge < -0.3 is 14.9 Å². The molecular weight excluding hydrogens is 354 g/mol. The van der Waals surface area contributed by atoms with Gasteiger partial charge in [0.2, 0.25) is 5.88 Å². The number of rotatable bonds is 4. The number of hydrogen-bond donors (Lipinski definition) is 1. The van der Waals surface area contributed by atoms with Gasteiger partial charge in [-0.15, -0.1) is 0 Å². The summed E-state index contributed by atoms with van der Waals surface area (Å²) in [5, 5.41) is 0.645. The molecule has 0 amide bonds. The van der Waals surface area contributed by atoms with E-state index < -0.39 is 0 Å². The Labute approximate surface area is 135 Å². The van der Waals surface area contributed by atoms with Gasteiger partial charge in [0.25, 0.3) is 0 Å². The molecule has 0 fully saturated rings. The number of imidazole rings is 1. The fourth-order valence-electron chi connectivity index (χ4n) is 2.13. The molecule has 0 aliphatic rings. The second-order valence-corrected chi connectivity index (χ2v) is 5.80. The quantitative estimate of drug-likeness (QED) is 0.758. The van der Waals surface area contributed by atoms with Crippen LogP contribution in [0, 0.1) is 0 Å². The van der Waals surface area contributed by atoms with Gasteiger partial charge in [-0.2, -0.15) is 4.98 Å². The van der Waals surface area contributed by atoms with Crippen molar-refractivity contribution >= 4 is 33.2 Å². The average molecular weight is 367 g/mol. The van der Waals surface area contributed by atoms with Crippen LogP contribution in [0.5, 0.6) is 11.6 Å².